The third-order valence-electron chi connectivity index (χ3n) is 5.70. The van der Waals surface area contributed by atoms with E-state index in [0.717, 1.165) is 18.4 Å². The third kappa shape index (κ3) is 7.83. The van der Waals surface area contributed by atoms with Crippen LogP contribution in [0.25, 0.3) is 0 Å². The number of benzene rings is 1. The average molecular weight is 397 g/mol. The Morgan fingerprint density at radius 2 is 1.30 bits per heavy atom. The number of unbranched alkanes of at least 4 members (excludes halogenated alkanes) is 9. The van der Waals surface area contributed by atoms with E-state index in [-0.39, 0.29) is 18.3 Å². The number of hydrogen-bond donors (Lipinski definition) is 1. The van der Waals surface area contributed by atoms with E-state index in [1.807, 2.05) is 30.3 Å². The average Bonchev–Trinajstić information content (AvgIpc) is 2.59. The Labute approximate surface area is 173 Å². The molecule has 0 bridgehead atoms. The Morgan fingerprint density at radius 3 is 1.70 bits per heavy atom. The topological polar surface area (TPSA) is 43.1 Å². The molecule has 27 heavy (non-hydrogen) atoms. The first-order valence-corrected chi connectivity index (χ1v) is 10.5. The van der Waals surface area contributed by atoms with Crippen LogP contribution in [-0.2, 0) is 10.3 Å². The number of likely N-dealkylation sites (N-methyl/N-ethyl adjacent to an activating group) is 1. The molecule has 1 rings (SSSR count). The molecule has 0 saturated carbocycles. The second-order valence-corrected chi connectivity index (χ2v) is 8.53. The van der Waals surface area contributed by atoms with Crippen molar-refractivity contribution in [3.63, 3.8) is 0 Å². The molecular weight excluding hydrogens is 356 g/mol. The number of nitrogens with zero attached hydrogens (tertiary/aromatic N) is 1. The molecule has 156 valence electrons. The maximum atomic E-state index is 12.6. The molecule has 0 fully saturated rings. The fourth-order valence-corrected chi connectivity index (χ4v) is 4.05. The highest BCUT2D eigenvalue weighted by Gasteiger charge is 2.49. The van der Waals surface area contributed by atoms with Crippen LogP contribution in [-0.4, -0.2) is 31.5 Å². The number of halogens is 1. The highest BCUT2D eigenvalue weighted by molar-refractivity contribution is 5.84. The lowest BCUT2D eigenvalue weighted by atomic mass is 9.81. The van der Waals surface area contributed by atoms with Gasteiger partial charge in [0.25, 0.3) is 5.91 Å². The lowest BCUT2D eigenvalue weighted by molar-refractivity contribution is -0.921. The summed E-state index contributed by atoms with van der Waals surface area (Å²) >= 11 is 0. The Bertz CT molecular complexity index is 513. The lowest BCUT2D eigenvalue weighted by Crippen LogP contribution is -3.00. The van der Waals surface area contributed by atoms with E-state index in [9.17, 15) is 4.79 Å². The molecule has 0 heterocycles. The predicted octanol–water partition coefficient (Wildman–Crippen LogP) is 2.39. The van der Waals surface area contributed by atoms with Crippen LogP contribution in [0.4, 0.5) is 0 Å². The first-order valence-electron chi connectivity index (χ1n) is 10.5. The van der Waals surface area contributed by atoms with Gasteiger partial charge in [-0.25, -0.2) is 0 Å². The standard InChI is InChI=1S/C23H40N2O.ClH/c1-5-6-7-8-9-10-11-12-13-17-20-23(22(24)26,25(2,3)4)21-18-15-14-16-19-21;/h14-16,18-19H,5-13,17,20H2,1-4H3,(H-,24,26);1H. The quantitative estimate of drug-likeness (QED) is 0.381. The zero-order valence-corrected chi connectivity index (χ0v) is 18.7. The van der Waals surface area contributed by atoms with Gasteiger partial charge in [-0.15, -0.1) is 0 Å². The number of rotatable bonds is 14. The van der Waals surface area contributed by atoms with Crippen molar-refractivity contribution in [2.24, 2.45) is 5.73 Å². The summed E-state index contributed by atoms with van der Waals surface area (Å²) in [4.78, 5) is 12.6. The first-order chi connectivity index (χ1) is 12.4. The molecule has 1 aromatic carbocycles. The number of nitrogens with two attached hydrogens (primary N) is 1. The smallest absolute Gasteiger partial charge is 0.283 e. The largest absolute Gasteiger partial charge is 1.00 e. The maximum Gasteiger partial charge on any atom is 0.283 e. The number of quaternary nitrogens is 1. The summed E-state index contributed by atoms with van der Waals surface area (Å²) in [6.07, 6.45) is 13.8. The van der Waals surface area contributed by atoms with Gasteiger partial charge in [0.05, 0.1) is 21.1 Å². The third-order valence-corrected chi connectivity index (χ3v) is 5.70. The van der Waals surface area contributed by atoms with Crippen LogP contribution in [0.2, 0.25) is 0 Å². The monoisotopic (exact) mass is 396 g/mol. The Morgan fingerprint density at radius 1 is 0.852 bits per heavy atom. The van der Waals surface area contributed by atoms with Gasteiger partial charge in [-0.2, -0.15) is 0 Å². The van der Waals surface area contributed by atoms with Crippen LogP contribution in [0, 0.1) is 0 Å². The number of amides is 1. The van der Waals surface area contributed by atoms with Gasteiger partial charge in [0.1, 0.15) is 0 Å². The van der Waals surface area contributed by atoms with Crippen molar-refractivity contribution in [2.75, 3.05) is 21.1 Å². The van der Waals surface area contributed by atoms with Crippen LogP contribution in [0.1, 0.15) is 83.1 Å². The summed E-state index contributed by atoms with van der Waals surface area (Å²) in [5.41, 5.74) is 6.34. The molecule has 0 saturated heterocycles. The molecule has 4 heteroatoms. The van der Waals surface area contributed by atoms with Crippen molar-refractivity contribution in [3.05, 3.63) is 35.9 Å². The Kier molecular flexibility index (Phi) is 12.7. The van der Waals surface area contributed by atoms with Crippen LogP contribution in [0.15, 0.2) is 30.3 Å². The maximum absolute atomic E-state index is 12.6. The van der Waals surface area contributed by atoms with E-state index < -0.39 is 5.54 Å². The molecule has 0 radical (unpaired) electrons. The summed E-state index contributed by atoms with van der Waals surface area (Å²) in [6.45, 7) is 2.26. The number of carbonyl (C=O) groups is 1. The van der Waals surface area contributed by atoms with Crippen molar-refractivity contribution in [3.8, 4) is 0 Å². The van der Waals surface area contributed by atoms with E-state index in [0.29, 0.717) is 4.48 Å². The molecule has 1 atom stereocenters. The highest BCUT2D eigenvalue weighted by atomic mass is 35.5. The minimum atomic E-state index is -0.651. The molecule has 2 N–H and O–H groups in total. The SMILES string of the molecule is CCCCCCCCCCCCC(C(N)=O)(c1ccccc1)[N+](C)(C)C.[Cl-]. The van der Waals surface area contributed by atoms with Gasteiger partial charge in [-0.3, -0.25) is 4.79 Å². The molecule has 1 aromatic rings. The van der Waals surface area contributed by atoms with Crippen molar-refractivity contribution in [2.45, 2.75) is 83.1 Å². The number of carbonyl (C=O) groups excluding carboxylic acids is 1. The second kappa shape index (κ2) is 13.2. The number of primary amides is 1. The van der Waals surface area contributed by atoms with Gasteiger partial charge < -0.3 is 22.6 Å². The lowest BCUT2D eigenvalue weighted by Gasteiger charge is -2.44. The van der Waals surface area contributed by atoms with Gasteiger partial charge >= 0.3 is 0 Å². The summed E-state index contributed by atoms with van der Waals surface area (Å²) in [5, 5.41) is 0. The van der Waals surface area contributed by atoms with Gasteiger partial charge in [0.2, 0.25) is 5.54 Å². The molecule has 0 aliphatic rings. The first kappa shape index (κ1) is 25.9. The minimum Gasteiger partial charge on any atom is -1.00 e. The van der Waals surface area contributed by atoms with Crippen molar-refractivity contribution >= 4 is 5.91 Å². The molecule has 0 aliphatic heterocycles. The number of hydrogen-bond acceptors (Lipinski definition) is 1. The van der Waals surface area contributed by atoms with Crippen LogP contribution >= 0.6 is 0 Å². The molecule has 1 unspecified atom stereocenters. The summed E-state index contributed by atoms with van der Waals surface area (Å²) in [6, 6.07) is 10.1. The normalized spacial score (nSPS) is 13.6. The van der Waals surface area contributed by atoms with Gasteiger partial charge in [0.15, 0.2) is 0 Å². The van der Waals surface area contributed by atoms with Gasteiger partial charge in [0, 0.05) is 12.0 Å². The minimum absolute atomic E-state index is 0. The summed E-state index contributed by atoms with van der Waals surface area (Å²) in [5.74, 6) is -0.216. The molecule has 0 spiro atoms. The van der Waals surface area contributed by atoms with E-state index in [1.54, 1.807) is 0 Å². The molecular formula is C23H41ClN2O. The fraction of sp³-hybridized carbons (Fsp3) is 0.696. The Balaban J connectivity index is 0.00000676. The van der Waals surface area contributed by atoms with Crippen molar-refractivity contribution < 1.29 is 21.7 Å². The van der Waals surface area contributed by atoms with E-state index in [2.05, 4.69) is 28.1 Å². The second-order valence-electron chi connectivity index (χ2n) is 8.53. The summed E-state index contributed by atoms with van der Waals surface area (Å²) in [7, 11) is 6.23. The molecule has 0 aromatic heterocycles. The van der Waals surface area contributed by atoms with E-state index in [1.165, 1.54) is 57.8 Å². The van der Waals surface area contributed by atoms with Crippen LogP contribution in [0.5, 0.6) is 0 Å². The van der Waals surface area contributed by atoms with E-state index >= 15 is 0 Å². The van der Waals surface area contributed by atoms with Crippen molar-refractivity contribution in [1.82, 2.24) is 0 Å². The van der Waals surface area contributed by atoms with Gasteiger partial charge in [-0.05, 0) is 6.42 Å². The molecule has 0 aliphatic carbocycles. The predicted molar refractivity (Wildman–Crippen MR) is 112 cm³/mol. The van der Waals surface area contributed by atoms with Crippen LogP contribution in [0.3, 0.4) is 0 Å². The van der Waals surface area contributed by atoms with E-state index in [4.69, 9.17) is 5.73 Å². The molecule has 3 nitrogen and oxygen atoms in total. The summed E-state index contributed by atoms with van der Waals surface area (Å²) < 4.78 is 0.532. The zero-order chi connectivity index (χ0) is 19.5. The molecule has 1 amide bonds. The Hall–Kier alpha value is -1.06. The highest BCUT2D eigenvalue weighted by Crippen LogP contribution is 2.36. The van der Waals surface area contributed by atoms with Crippen LogP contribution < -0.4 is 18.1 Å². The van der Waals surface area contributed by atoms with Gasteiger partial charge in [-0.1, -0.05) is 95.0 Å². The fourth-order valence-electron chi connectivity index (χ4n) is 4.05. The zero-order valence-electron chi connectivity index (χ0n) is 18.0. The van der Waals surface area contributed by atoms with Crippen molar-refractivity contribution in [1.29, 1.82) is 0 Å².